The summed E-state index contributed by atoms with van der Waals surface area (Å²) < 4.78 is 25.0. The van der Waals surface area contributed by atoms with E-state index in [1.807, 2.05) is 0 Å². The van der Waals surface area contributed by atoms with Crippen molar-refractivity contribution in [3.05, 3.63) is 24.0 Å². The molecule has 1 unspecified atom stereocenters. The SMILES string of the molecule is CC(N)CC(=O)Nc1ccc2nc(C(F)F)[nH]c2c1. The van der Waals surface area contributed by atoms with Gasteiger partial charge < -0.3 is 16.0 Å². The zero-order valence-corrected chi connectivity index (χ0v) is 10.3. The Labute approximate surface area is 108 Å². The third-order valence-electron chi connectivity index (χ3n) is 2.50. The van der Waals surface area contributed by atoms with Crippen LogP contribution in [0.2, 0.25) is 0 Å². The Hall–Kier alpha value is -2.02. The van der Waals surface area contributed by atoms with E-state index in [0.717, 1.165) is 0 Å². The van der Waals surface area contributed by atoms with Gasteiger partial charge >= 0.3 is 0 Å². The van der Waals surface area contributed by atoms with E-state index in [9.17, 15) is 13.6 Å². The average Bonchev–Trinajstić information content (AvgIpc) is 2.70. The first-order valence-electron chi connectivity index (χ1n) is 5.79. The Bertz CT molecular complexity index is 594. The number of aromatic amines is 1. The van der Waals surface area contributed by atoms with E-state index in [1.165, 1.54) is 0 Å². The third kappa shape index (κ3) is 3.25. The fourth-order valence-corrected chi connectivity index (χ4v) is 1.71. The zero-order valence-electron chi connectivity index (χ0n) is 10.3. The molecule has 5 nitrogen and oxygen atoms in total. The number of nitrogens with zero attached hydrogens (tertiary/aromatic N) is 1. The molecule has 1 heterocycles. The highest BCUT2D eigenvalue weighted by atomic mass is 19.3. The summed E-state index contributed by atoms with van der Waals surface area (Å²) >= 11 is 0. The minimum absolute atomic E-state index is 0.198. The fourth-order valence-electron chi connectivity index (χ4n) is 1.71. The Morgan fingerprint density at radius 2 is 2.26 bits per heavy atom. The Kier molecular flexibility index (Phi) is 3.75. The number of imidazole rings is 1. The van der Waals surface area contributed by atoms with Crippen molar-refractivity contribution in [2.45, 2.75) is 25.8 Å². The summed E-state index contributed by atoms with van der Waals surface area (Å²) in [5, 5.41) is 2.65. The standard InChI is InChI=1S/C12H14F2N4O/c1-6(15)4-10(19)16-7-2-3-8-9(5-7)18-12(17-8)11(13)14/h2-3,5-6,11H,4,15H2,1H3,(H,16,19)(H,17,18). The van der Waals surface area contributed by atoms with Gasteiger partial charge in [-0.2, -0.15) is 0 Å². The van der Waals surface area contributed by atoms with Crippen LogP contribution in [0.25, 0.3) is 11.0 Å². The summed E-state index contributed by atoms with van der Waals surface area (Å²) in [5.41, 5.74) is 6.91. The maximum atomic E-state index is 12.5. The molecule has 0 bridgehead atoms. The smallest absolute Gasteiger partial charge is 0.295 e. The van der Waals surface area contributed by atoms with Gasteiger partial charge in [0.1, 0.15) is 0 Å². The van der Waals surface area contributed by atoms with Crippen molar-refractivity contribution in [1.82, 2.24) is 9.97 Å². The van der Waals surface area contributed by atoms with Crippen molar-refractivity contribution < 1.29 is 13.6 Å². The predicted octanol–water partition coefficient (Wildman–Crippen LogP) is 2.18. The lowest BCUT2D eigenvalue weighted by molar-refractivity contribution is -0.116. The van der Waals surface area contributed by atoms with Crippen LogP contribution in [0.5, 0.6) is 0 Å². The van der Waals surface area contributed by atoms with E-state index in [4.69, 9.17) is 5.73 Å². The van der Waals surface area contributed by atoms with Gasteiger partial charge in [-0.05, 0) is 25.1 Å². The van der Waals surface area contributed by atoms with E-state index in [2.05, 4.69) is 15.3 Å². The molecule has 1 amide bonds. The molecule has 0 aliphatic rings. The highest BCUT2D eigenvalue weighted by Gasteiger charge is 2.13. The molecule has 19 heavy (non-hydrogen) atoms. The van der Waals surface area contributed by atoms with Crippen LogP contribution in [0.15, 0.2) is 18.2 Å². The Morgan fingerprint density at radius 3 is 2.89 bits per heavy atom. The summed E-state index contributed by atoms with van der Waals surface area (Å²) in [6.45, 7) is 1.73. The van der Waals surface area contributed by atoms with Crippen molar-refractivity contribution in [3.63, 3.8) is 0 Å². The van der Waals surface area contributed by atoms with Gasteiger partial charge in [-0.25, -0.2) is 13.8 Å². The maximum Gasteiger partial charge on any atom is 0.295 e. The van der Waals surface area contributed by atoms with Gasteiger partial charge in [0.05, 0.1) is 11.0 Å². The number of amides is 1. The number of H-pyrrole nitrogens is 1. The van der Waals surface area contributed by atoms with Crippen LogP contribution >= 0.6 is 0 Å². The minimum Gasteiger partial charge on any atom is -0.337 e. The zero-order chi connectivity index (χ0) is 14.0. The quantitative estimate of drug-likeness (QED) is 0.794. The van der Waals surface area contributed by atoms with E-state index in [-0.39, 0.29) is 24.2 Å². The number of fused-ring (bicyclic) bond motifs is 1. The predicted molar refractivity (Wildman–Crippen MR) is 67.9 cm³/mol. The first-order chi connectivity index (χ1) is 8.95. The molecule has 7 heteroatoms. The van der Waals surface area contributed by atoms with E-state index < -0.39 is 6.43 Å². The number of benzene rings is 1. The van der Waals surface area contributed by atoms with Gasteiger partial charge in [-0.1, -0.05) is 0 Å². The number of anilines is 1. The van der Waals surface area contributed by atoms with Crippen molar-refractivity contribution in [2.75, 3.05) is 5.32 Å². The Balaban J connectivity index is 2.19. The van der Waals surface area contributed by atoms with Crippen LogP contribution in [-0.4, -0.2) is 21.9 Å². The topological polar surface area (TPSA) is 83.8 Å². The molecule has 0 radical (unpaired) electrons. The second-order valence-electron chi connectivity index (χ2n) is 4.38. The molecule has 0 aliphatic heterocycles. The lowest BCUT2D eigenvalue weighted by atomic mass is 10.2. The molecule has 0 spiro atoms. The molecular formula is C12H14F2N4O. The maximum absolute atomic E-state index is 12.5. The van der Waals surface area contributed by atoms with Crippen molar-refractivity contribution in [3.8, 4) is 0 Å². The van der Waals surface area contributed by atoms with Crippen LogP contribution in [0, 0.1) is 0 Å². The minimum atomic E-state index is -2.65. The lowest BCUT2D eigenvalue weighted by Crippen LogP contribution is -2.23. The number of hydrogen-bond acceptors (Lipinski definition) is 3. The molecule has 2 aromatic rings. The van der Waals surface area contributed by atoms with Crippen LogP contribution in [0.3, 0.4) is 0 Å². The molecule has 1 atom stereocenters. The van der Waals surface area contributed by atoms with Gasteiger partial charge in [-0.3, -0.25) is 4.79 Å². The van der Waals surface area contributed by atoms with E-state index in [1.54, 1.807) is 25.1 Å². The Morgan fingerprint density at radius 1 is 1.53 bits per heavy atom. The van der Waals surface area contributed by atoms with Gasteiger partial charge in [0.25, 0.3) is 6.43 Å². The first-order valence-corrected chi connectivity index (χ1v) is 5.79. The van der Waals surface area contributed by atoms with E-state index >= 15 is 0 Å². The number of carbonyl (C=O) groups excluding carboxylic acids is 1. The van der Waals surface area contributed by atoms with Gasteiger partial charge in [0.2, 0.25) is 5.91 Å². The first kappa shape index (κ1) is 13.4. The number of nitrogens with one attached hydrogen (secondary N) is 2. The number of carbonyl (C=O) groups is 1. The van der Waals surface area contributed by atoms with Crippen molar-refractivity contribution in [1.29, 1.82) is 0 Å². The van der Waals surface area contributed by atoms with Gasteiger partial charge in [0, 0.05) is 18.2 Å². The second kappa shape index (κ2) is 5.31. The molecule has 1 aromatic heterocycles. The lowest BCUT2D eigenvalue weighted by Gasteiger charge is -2.06. The molecule has 0 fully saturated rings. The number of hydrogen-bond donors (Lipinski definition) is 3. The summed E-state index contributed by atoms with van der Waals surface area (Å²) in [4.78, 5) is 17.8. The summed E-state index contributed by atoms with van der Waals surface area (Å²) in [6.07, 6.45) is -2.45. The normalized spacial score (nSPS) is 12.9. The number of rotatable bonds is 4. The number of aromatic nitrogens is 2. The summed E-state index contributed by atoms with van der Waals surface area (Å²) in [7, 11) is 0. The van der Waals surface area contributed by atoms with E-state index in [0.29, 0.717) is 16.7 Å². The molecule has 1 aromatic carbocycles. The number of halogens is 2. The highest BCUT2D eigenvalue weighted by Crippen LogP contribution is 2.22. The van der Waals surface area contributed by atoms with Crippen LogP contribution < -0.4 is 11.1 Å². The highest BCUT2D eigenvalue weighted by molar-refractivity contribution is 5.93. The van der Waals surface area contributed by atoms with Crippen LogP contribution in [-0.2, 0) is 4.79 Å². The molecule has 0 saturated carbocycles. The number of alkyl halides is 2. The molecular weight excluding hydrogens is 254 g/mol. The summed E-state index contributed by atoms with van der Waals surface area (Å²) in [5.74, 6) is -0.600. The van der Waals surface area contributed by atoms with Crippen molar-refractivity contribution >= 4 is 22.6 Å². The fraction of sp³-hybridized carbons (Fsp3) is 0.333. The van der Waals surface area contributed by atoms with Crippen molar-refractivity contribution in [2.24, 2.45) is 5.73 Å². The van der Waals surface area contributed by atoms with Crippen LogP contribution in [0.1, 0.15) is 25.6 Å². The summed E-state index contributed by atoms with van der Waals surface area (Å²) in [6, 6.07) is 4.51. The molecule has 0 aliphatic carbocycles. The van der Waals surface area contributed by atoms with Crippen LogP contribution in [0.4, 0.5) is 14.5 Å². The molecule has 0 saturated heterocycles. The average molecular weight is 268 g/mol. The third-order valence-corrected chi connectivity index (χ3v) is 2.50. The number of nitrogens with two attached hydrogens (primary N) is 1. The van der Waals surface area contributed by atoms with Gasteiger partial charge in [-0.15, -0.1) is 0 Å². The van der Waals surface area contributed by atoms with Gasteiger partial charge in [0.15, 0.2) is 5.82 Å². The molecule has 2 rings (SSSR count). The monoisotopic (exact) mass is 268 g/mol. The largest absolute Gasteiger partial charge is 0.337 e. The second-order valence-corrected chi connectivity index (χ2v) is 4.38. The molecule has 102 valence electrons. The molecule has 4 N–H and O–H groups in total.